The summed E-state index contributed by atoms with van der Waals surface area (Å²) in [7, 11) is 0. The first-order valence-electron chi connectivity index (χ1n) is 9.24. The van der Waals surface area contributed by atoms with Crippen molar-refractivity contribution in [2.75, 3.05) is 6.61 Å². The molecule has 0 saturated carbocycles. The molecule has 2 N–H and O–H groups in total. The molecular formula is C21H21FN3NaO4. The van der Waals surface area contributed by atoms with E-state index in [1.807, 2.05) is 0 Å². The minimum absolute atomic E-state index is 0. The second-order valence-electron chi connectivity index (χ2n) is 6.83. The zero-order chi connectivity index (χ0) is 21.1. The van der Waals surface area contributed by atoms with Gasteiger partial charge in [0.2, 0.25) is 0 Å². The number of aryl methyl sites for hydroxylation is 1. The summed E-state index contributed by atoms with van der Waals surface area (Å²) >= 11 is 0. The topological polar surface area (TPSA) is 107 Å². The van der Waals surface area contributed by atoms with Gasteiger partial charge in [-0.05, 0) is 49.6 Å². The summed E-state index contributed by atoms with van der Waals surface area (Å²) in [5, 5.41) is 24.3. The van der Waals surface area contributed by atoms with Crippen LogP contribution in [0.1, 0.15) is 35.3 Å². The molecule has 2 aromatic heterocycles. The van der Waals surface area contributed by atoms with Gasteiger partial charge >= 0.3 is 29.6 Å². The maximum absolute atomic E-state index is 13.1. The maximum Gasteiger partial charge on any atom is 1.00 e. The van der Waals surface area contributed by atoms with Gasteiger partial charge in [0.05, 0.1) is 23.2 Å². The summed E-state index contributed by atoms with van der Waals surface area (Å²) in [4.78, 5) is 29.4. The van der Waals surface area contributed by atoms with Crippen LogP contribution in [-0.4, -0.2) is 33.2 Å². The third-order valence-electron chi connectivity index (χ3n) is 4.63. The summed E-state index contributed by atoms with van der Waals surface area (Å²) < 4.78 is 14.4. The van der Waals surface area contributed by atoms with Crippen LogP contribution in [0.5, 0.6) is 5.75 Å². The smallest absolute Gasteiger partial charge is 0.870 e. The number of carbonyl (C=O) groups excluding carboxylic acids is 1. The SMILES string of the molecule is CCn1c(=O)c(C(=O)N[C@@H](C)CO)c([O-])c2ncc(Cc3ccc(F)cc3)cc21.[Na+]. The molecule has 2 heterocycles. The molecule has 7 nitrogen and oxygen atoms in total. The number of aliphatic hydroxyl groups is 1. The number of hydrogen-bond donors (Lipinski definition) is 2. The van der Waals surface area contributed by atoms with Crippen LogP contribution in [0.3, 0.4) is 0 Å². The van der Waals surface area contributed by atoms with Crippen molar-refractivity contribution in [3.8, 4) is 5.75 Å². The fraction of sp³-hybridized carbons (Fsp3) is 0.286. The fourth-order valence-corrected chi connectivity index (χ4v) is 3.13. The number of aromatic nitrogens is 2. The van der Waals surface area contributed by atoms with Crippen molar-refractivity contribution >= 4 is 16.9 Å². The molecule has 30 heavy (non-hydrogen) atoms. The number of hydrogen-bond acceptors (Lipinski definition) is 5. The molecular weight excluding hydrogens is 400 g/mol. The predicted molar refractivity (Wildman–Crippen MR) is 104 cm³/mol. The van der Waals surface area contributed by atoms with Crippen molar-refractivity contribution in [1.82, 2.24) is 14.9 Å². The molecule has 0 unspecified atom stereocenters. The number of benzene rings is 1. The zero-order valence-corrected chi connectivity index (χ0v) is 19.1. The van der Waals surface area contributed by atoms with Gasteiger partial charge in [0, 0.05) is 18.8 Å². The number of aliphatic hydroxyl groups excluding tert-OH is 1. The molecule has 0 bridgehead atoms. The van der Waals surface area contributed by atoms with E-state index in [4.69, 9.17) is 5.11 Å². The Hall–Kier alpha value is -2.26. The quantitative estimate of drug-likeness (QED) is 0.463. The van der Waals surface area contributed by atoms with E-state index in [1.54, 1.807) is 32.0 Å². The molecule has 0 aliphatic rings. The van der Waals surface area contributed by atoms with Gasteiger partial charge < -0.3 is 20.1 Å². The second kappa shape index (κ2) is 10.2. The number of fused-ring (bicyclic) bond motifs is 1. The van der Waals surface area contributed by atoms with E-state index in [-0.39, 0.29) is 54.0 Å². The van der Waals surface area contributed by atoms with Crippen LogP contribution in [0.4, 0.5) is 4.39 Å². The second-order valence-corrected chi connectivity index (χ2v) is 6.83. The van der Waals surface area contributed by atoms with Gasteiger partial charge in [-0.2, -0.15) is 0 Å². The van der Waals surface area contributed by atoms with E-state index in [0.717, 1.165) is 11.1 Å². The van der Waals surface area contributed by atoms with Gasteiger partial charge in [-0.3, -0.25) is 14.6 Å². The van der Waals surface area contributed by atoms with E-state index >= 15 is 0 Å². The van der Waals surface area contributed by atoms with Crippen LogP contribution in [0, 0.1) is 5.82 Å². The molecule has 0 aliphatic carbocycles. The minimum Gasteiger partial charge on any atom is -0.870 e. The van der Waals surface area contributed by atoms with Crippen LogP contribution in [0.25, 0.3) is 11.0 Å². The normalized spacial score (nSPS) is 11.7. The van der Waals surface area contributed by atoms with Crippen molar-refractivity contribution in [2.24, 2.45) is 0 Å². The minimum atomic E-state index is -0.831. The molecule has 0 fully saturated rings. The standard InChI is InChI=1S/C21H22FN3O4.Na/c1-3-25-16-9-14(8-13-4-6-15(22)7-5-13)10-23-18(16)19(27)17(21(25)29)20(28)24-12(2)11-26;/h4-7,9-10,12,26-27H,3,8,11H2,1-2H3,(H,24,28);/q;+1/p-1/t12-;/m0./s1. The fourth-order valence-electron chi connectivity index (χ4n) is 3.13. The molecule has 9 heteroatoms. The van der Waals surface area contributed by atoms with Gasteiger partial charge in [-0.25, -0.2) is 4.39 Å². The average molecular weight is 421 g/mol. The number of amides is 1. The molecule has 152 valence electrons. The van der Waals surface area contributed by atoms with E-state index in [0.29, 0.717) is 11.9 Å². The third-order valence-corrected chi connectivity index (χ3v) is 4.63. The molecule has 0 spiro atoms. The Bertz CT molecular complexity index is 1120. The van der Waals surface area contributed by atoms with Crippen molar-refractivity contribution in [3.05, 3.63) is 69.4 Å². The van der Waals surface area contributed by atoms with Crippen LogP contribution >= 0.6 is 0 Å². The number of halogens is 1. The monoisotopic (exact) mass is 421 g/mol. The van der Waals surface area contributed by atoms with Crippen LogP contribution in [0.2, 0.25) is 0 Å². The molecule has 3 aromatic rings. The number of rotatable bonds is 6. The van der Waals surface area contributed by atoms with Gasteiger partial charge in [0.15, 0.2) is 0 Å². The van der Waals surface area contributed by atoms with E-state index in [1.165, 1.54) is 22.9 Å². The Balaban J connectivity index is 0.00000320. The van der Waals surface area contributed by atoms with Crippen molar-refractivity contribution in [2.45, 2.75) is 32.9 Å². The van der Waals surface area contributed by atoms with Gasteiger partial charge in [-0.15, -0.1) is 0 Å². The summed E-state index contributed by atoms with van der Waals surface area (Å²) in [5.74, 6) is -1.91. The van der Waals surface area contributed by atoms with Gasteiger partial charge in [0.25, 0.3) is 11.5 Å². The summed E-state index contributed by atoms with van der Waals surface area (Å²) in [5.41, 5.74) is 0.752. The van der Waals surface area contributed by atoms with Crippen molar-refractivity contribution < 1.29 is 49.0 Å². The number of carbonyl (C=O) groups is 1. The Morgan fingerprint density at radius 2 is 1.97 bits per heavy atom. The van der Waals surface area contributed by atoms with E-state index in [2.05, 4.69) is 10.3 Å². The molecule has 1 aromatic carbocycles. The first-order chi connectivity index (χ1) is 13.8. The Morgan fingerprint density at radius 3 is 2.57 bits per heavy atom. The van der Waals surface area contributed by atoms with Crippen LogP contribution in [-0.2, 0) is 13.0 Å². The third kappa shape index (κ3) is 4.89. The molecule has 0 radical (unpaired) electrons. The van der Waals surface area contributed by atoms with Gasteiger partial charge in [0.1, 0.15) is 5.82 Å². The van der Waals surface area contributed by atoms with E-state index < -0.39 is 28.8 Å². The largest absolute Gasteiger partial charge is 1.00 e. The zero-order valence-electron chi connectivity index (χ0n) is 17.1. The maximum atomic E-state index is 13.1. The number of nitrogens with zero attached hydrogens (tertiary/aromatic N) is 2. The van der Waals surface area contributed by atoms with Crippen molar-refractivity contribution in [3.63, 3.8) is 0 Å². The molecule has 0 aliphatic heterocycles. The van der Waals surface area contributed by atoms with Crippen LogP contribution < -0.4 is 45.5 Å². The predicted octanol–water partition coefficient (Wildman–Crippen LogP) is -1.67. The molecule has 1 amide bonds. The Morgan fingerprint density at radius 1 is 1.30 bits per heavy atom. The van der Waals surface area contributed by atoms with E-state index in [9.17, 15) is 19.1 Å². The first kappa shape index (κ1) is 24.0. The Labute approximate surface area is 194 Å². The molecule has 0 saturated heterocycles. The number of pyridine rings is 2. The average Bonchev–Trinajstić information content (AvgIpc) is 2.70. The van der Waals surface area contributed by atoms with Crippen molar-refractivity contribution in [1.29, 1.82) is 0 Å². The molecule has 3 rings (SSSR count). The summed E-state index contributed by atoms with van der Waals surface area (Å²) in [6.45, 7) is 3.21. The molecule has 1 atom stereocenters. The summed E-state index contributed by atoms with van der Waals surface area (Å²) in [6, 6.07) is 7.12. The Kier molecular flexibility index (Phi) is 8.14. The van der Waals surface area contributed by atoms with Crippen LogP contribution in [0.15, 0.2) is 41.3 Å². The number of nitrogens with one attached hydrogen (secondary N) is 1. The van der Waals surface area contributed by atoms with Gasteiger partial charge in [-0.1, -0.05) is 17.9 Å². The first-order valence-corrected chi connectivity index (χ1v) is 9.24. The summed E-state index contributed by atoms with van der Waals surface area (Å²) in [6.07, 6.45) is 1.96.